The van der Waals surface area contributed by atoms with Crippen LogP contribution in [0.1, 0.15) is 6.42 Å². The Morgan fingerprint density at radius 1 is 1.67 bits per heavy atom. The maximum absolute atomic E-state index is 10.6. The fraction of sp³-hybridized carbons (Fsp3) is 0.444. The second kappa shape index (κ2) is 5.92. The van der Waals surface area contributed by atoms with Crippen molar-refractivity contribution < 1.29 is 9.66 Å². The van der Waals surface area contributed by atoms with E-state index in [0.717, 1.165) is 6.42 Å². The molecule has 0 spiro atoms. The molecule has 0 saturated heterocycles. The van der Waals surface area contributed by atoms with Gasteiger partial charge in [-0.25, -0.2) is 0 Å². The predicted octanol–water partition coefficient (Wildman–Crippen LogP) is 1.44. The summed E-state index contributed by atoms with van der Waals surface area (Å²) in [5, 5.41) is 13.6. The second-order valence-corrected chi connectivity index (χ2v) is 2.92. The Kier molecular flexibility index (Phi) is 4.49. The summed E-state index contributed by atoms with van der Waals surface area (Å²) in [5.74, 6) is 0. The lowest BCUT2D eigenvalue weighted by molar-refractivity contribution is -0.384. The number of aromatic nitrogens is 1. The molecule has 0 aromatic carbocycles. The molecule has 6 nitrogen and oxygen atoms in total. The highest BCUT2D eigenvalue weighted by molar-refractivity contribution is 5.59. The lowest BCUT2D eigenvalue weighted by atomic mass is 10.3. The van der Waals surface area contributed by atoms with Crippen LogP contribution in [0.2, 0.25) is 0 Å². The van der Waals surface area contributed by atoms with Crippen LogP contribution in [0.15, 0.2) is 18.5 Å². The van der Waals surface area contributed by atoms with Crippen molar-refractivity contribution in [2.24, 2.45) is 0 Å². The molecule has 1 N–H and O–H groups in total. The van der Waals surface area contributed by atoms with E-state index in [4.69, 9.17) is 4.74 Å². The molecule has 0 amide bonds. The fourth-order valence-corrected chi connectivity index (χ4v) is 1.12. The van der Waals surface area contributed by atoms with Crippen molar-refractivity contribution >= 4 is 11.4 Å². The molecule has 1 heterocycles. The van der Waals surface area contributed by atoms with Crippen molar-refractivity contribution in [3.63, 3.8) is 0 Å². The van der Waals surface area contributed by atoms with Gasteiger partial charge in [0.05, 0.1) is 11.1 Å². The molecule has 1 rings (SSSR count). The van der Waals surface area contributed by atoms with Gasteiger partial charge >= 0.3 is 0 Å². The molecule has 0 saturated carbocycles. The molecule has 15 heavy (non-hydrogen) atoms. The zero-order valence-electron chi connectivity index (χ0n) is 8.47. The standard InChI is InChI=1S/C9H13N3O3/c1-15-6-2-4-11-8-7-10-5-3-9(8)12(13)14/h3,5,7,11H,2,4,6H2,1H3. The first-order valence-corrected chi connectivity index (χ1v) is 4.57. The molecule has 0 aliphatic carbocycles. The minimum absolute atomic E-state index is 0.0439. The summed E-state index contributed by atoms with van der Waals surface area (Å²) in [6.45, 7) is 1.25. The number of nitrogens with one attached hydrogen (secondary N) is 1. The molecule has 1 aromatic heterocycles. The van der Waals surface area contributed by atoms with Gasteiger partial charge in [-0.05, 0) is 6.42 Å². The Morgan fingerprint density at radius 2 is 2.47 bits per heavy atom. The van der Waals surface area contributed by atoms with E-state index in [1.807, 2.05) is 0 Å². The van der Waals surface area contributed by atoms with Gasteiger partial charge in [0.25, 0.3) is 5.69 Å². The van der Waals surface area contributed by atoms with E-state index in [2.05, 4.69) is 10.3 Å². The fourth-order valence-electron chi connectivity index (χ4n) is 1.12. The lowest BCUT2D eigenvalue weighted by Crippen LogP contribution is -2.06. The van der Waals surface area contributed by atoms with E-state index in [-0.39, 0.29) is 5.69 Å². The van der Waals surface area contributed by atoms with Gasteiger partial charge < -0.3 is 10.1 Å². The van der Waals surface area contributed by atoms with Gasteiger partial charge in [-0.15, -0.1) is 0 Å². The Labute approximate surface area is 87.4 Å². The average molecular weight is 211 g/mol. The van der Waals surface area contributed by atoms with Gasteiger partial charge in [-0.1, -0.05) is 0 Å². The van der Waals surface area contributed by atoms with Crippen LogP contribution in [0.4, 0.5) is 11.4 Å². The largest absolute Gasteiger partial charge is 0.385 e. The first-order chi connectivity index (χ1) is 7.25. The number of nitrogens with zero attached hydrogens (tertiary/aromatic N) is 2. The summed E-state index contributed by atoms with van der Waals surface area (Å²) in [5.41, 5.74) is 0.487. The number of ether oxygens (including phenoxy) is 1. The van der Waals surface area contributed by atoms with E-state index < -0.39 is 4.92 Å². The smallest absolute Gasteiger partial charge is 0.295 e. The van der Waals surface area contributed by atoms with Crippen LogP contribution in [0.5, 0.6) is 0 Å². The van der Waals surface area contributed by atoms with Crippen LogP contribution in [0.25, 0.3) is 0 Å². The highest BCUT2D eigenvalue weighted by Gasteiger charge is 2.11. The third-order valence-electron chi connectivity index (χ3n) is 1.84. The molecule has 0 aliphatic heterocycles. The van der Waals surface area contributed by atoms with E-state index in [1.54, 1.807) is 7.11 Å². The first-order valence-electron chi connectivity index (χ1n) is 4.57. The van der Waals surface area contributed by atoms with Gasteiger partial charge in [0, 0.05) is 32.5 Å². The van der Waals surface area contributed by atoms with Crippen molar-refractivity contribution in [1.29, 1.82) is 0 Å². The predicted molar refractivity (Wildman–Crippen MR) is 55.9 cm³/mol. The van der Waals surface area contributed by atoms with Gasteiger partial charge in [0.1, 0.15) is 5.69 Å². The molecule has 0 bridgehead atoms. The number of anilines is 1. The van der Waals surface area contributed by atoms with E-state index in [1.165, 1.54) is 18.5 Å². The Morgan fingerprint density at radius 3 is 3.13 bits per heavy atom. The molecule has 0 fully saturated rings. The Bertz CT molecular complexity index is 330. The summed E-state index contributed by atoms with van der Waals surface area (Å²) >= 11 is 0. The SMILES string of the molecule is COCCCNc1cnccc1[N+](=O)[O-]. The van der Waals surface area contributed by atoms with E-state index in [9.17, 15) is 10.1 Å². The van der Waals surface area contributed by atoms with Crippen molar-refractivity contribution in [2.75, 3.05) is 25.6 Å². The number of hydrogen-bond acceptors (Lipinski definition) is 5. The highest BCUT2D eigenvalue weighted by Crippen LogP contribution is 2.21. The molecule has 0 atom stereocenters. The van der Waals surface area contributed by atoms with Crippen LogP contribution in [0, 0.1) is 10.1 Å². The zero-order chi connectivity index (χ0) is 11.1. The van der Waals surface area contributed by atoms with Gasteiger partial charge in [-0.3, -0.25) is 15.1 Å². The van der Waals surface area contributed by atoms with Crippen LogP contribution in [-0.4, -0.2) is 30.2 Å². The highest BCUT2D eigenvalue weighted by atomic mass is 16.6. The number of pyridine rings is 1. The molecule has 0 radical (unpaired) electrons. The summed E-state index contributed by atoms with van der Waals surface area (Å²) < 4.78 is 4.87. The van der Waals surface area contributed by atoms with Crippen LogP contribution < -0.4 is 5.32 Å². The molecule has 1 aromatic rings. The molecular weight excluding hydrogens is 198 g/mol. The molecule has 0 unspecified atom stereocenters. The van der Waals surface area contributed by atoms with Crippen LogP contribution in [0.3, 0.4) is 0 Å². The third kappa shape index (κ3) is 3.51. The third-order valence-corrected chi connectivity index (χ3v) is 1.84. The molecule has 82 valence electrons. The van der Waals surface area contributed by atoms with Crippen molar-refractivity contribution in [1.82, 2.24) is 4.98 Å². The summed E-state index contributed by atoms with van der Waals surface area (Å²) in [7, 11) is 1.62. The van der Waals surface area contributed by atoms with Crippen molar-refractivity contribution in [3.8, 4) is 0 Å². The van der Waals surface area contributed by atoms with E-state index >= 15 is 0 Å². The number of hydrogen-bond donors (Lipinski definition) is 1. The molecule has 0 aliphatic rings. The number of methoxy groups -OCH3 is 1. The van der Waals surface area contributed by atoms with Crippen LogP contribution >= 0.6 is 0 Å². The normalized spacial score (nSPS) is 9.93. The topological polar surface area (TPSA) is 77.3 Å². The van der Waals surface area contributed by atoms with Gasteiger partial charge in [-0.2, -0.15) is 0 Å². The zero-order valence-corrected chi connectivity index (χ0v) is 8.47. The molecule has 6 heteroatoms. The maximum atomic E-state index is 10.6. The van der Waals surface area contributed by atoms with Crippen molar-refractivity contribution in [3.05, 3.63) is 28.6 Å². The summed E-state index contributed by atoms with van der Waals surface area (Å²) in [6, 6.07) is 1.37. The van der Waals surface area contributed by atoms with Crippen molar-refractivity contribution in [2.45, 2.75) is 6.42 Å². The van der Waals surface area contributed by atoms with Gasteiger partial charge in [0.2, 0.25) is 0 Å². The van der Waals surface area contributed by atoms with Gasteiger partial charge in [0.15, 0.2) is 0 Å². The molecular formula is C9H13N3O3. The quantitative estimate of drug-likeness (QED) is 0.437. The minimum Gasteiger partial charge on any atom is -0.385 e. The summed E-state index contributed by atoms with van der Waals surface area (Å²) in [6.07, 6.45) is 3.64. The number of rotatable bonds is 6. The Balaban J connectivity index is 2.56. The van der Waals surface area contributed by atoms with E-state index in [0.29, 0.717) is 18.8 Å². The Hall–Kier alpha value is -1.69. The first kappa shape index (κ1) is 11.4. The maximum Gasteiger partial charge on any atom is 0.295 e. The lowest BCUT2D eigenvalue weighted by Gasteiger charge is -2.05. The minimum atomic E-state index is -0.430. The second-order valence-electron chi connectivity index (χ2n) is 2.92. The average Bonchev–Trinajstić information content (AvgIpc) is 2.25. The monoisotopic (exact) mass is 211 g/mol. The van der Waals surface area contributed by atoms with Crippen LogP contribution in [-0.2, 0) is 4.74 Å². The number of nitro groups is 1. The summed E-state index contributed by atoms with van der Waals surface area (Å²) in [4.78, 5) is 14.0.